The smallest absolute Gasteiger partial charge is 0.288 e. The van der Waals surface area contributed by atoms with Gasteiger partial charge in [-0.25, -0.2) is 4.98 Å². The average molecular weight is 366 g/mol. The summed E-state index contributed by atoms with van der Waals surface area (Å²) in [5, 5.41) is 24.0. The second kappa shape index (κ2) is 7.33. The maximum Gasteiger partial charge on any atom is 0.288 e. The molecule has 1 aromatic carbocycles. The summed E-state index contributed by atoms with van der Waals surface area (Å²) >= 11 is 3.25. The van der Waals surface area contributed by atoms with Crippen LogP contribution in [-0.2, 0) is 6.42 Å². The number of aromatic nitrogens is 1. The Morgan fingerprint density at radius 1 is 1.41 bits per heavy atom. The molecule has 2 rings (SSSR count). The van der Waals surface area contributed by atoms with Gasteiger partial charge in [-0.2, -0.15) is 0 Å². The number of aliphatic hydroxyl groups excluding tert-OH is 1. The number of nitrogens with one attached hydrogen (secondary N) is 1. The van der Waals surface area contributed by atoms with Crippen molar-refractivity contribution in [1.29, 1.82) is 0 Å². The highest BCUT2D eigenvalue weighted by atomic mass is 79.9. The number of halogens is 1. The van der Waals surface area contributed by atoms with Crippen molar-refractivity contribution < 1.29 is 10.0 Å². The number of anilines is 1. The van der Waals surface area contributed by atoms with Crippen LogP contribution in [0.3, 0.4) is 0 Å². The lowest BCUT2D eigenvalue weighted by Gasteiger charge is -2.21. The van der Waals surface area contributed by atoms with Crippen LogP contribution in [0, 0.1) is 10.1 Å². The van der Waals surface area contributed by atoms with Crippen LogP contribution in [0.5, 0.6) is 0 Å². The van der Waals surface area contributed by atoms with Crippen molar-refractivity contribution >= 4 is 27.4 Å². The zero-order chi connectivity index (χ0) is 16.1. The molecule has 22 heavy (non-hydrogen) atoms. The Hall–Kier alpha value is -1.99. The predicted molar refractivity (Wildman–Crippen MR) is 87.8 cm³/mol. The van der Waals surface area contributed by atoms with Crippen LogP contribution >= 0.6 is 15.9 Å². The Balaban J connectivity index is 2.02. The van der Waals surface area contributed by atoms with E-state index in [1.54, 1.807) is 0 Å². The van der Waals surface area contributed by atoms with E-state index >= 15 is 0 Å². The van der Waals surface area contributed by atoms with Gasteiger partial charge in [0, 0.05) is 12.5 Å². The molecule has 2 N–H and O–H groups in total. The molecule has 0 amide bonds. The second-order valence-corrected chi connectivity index (χ2v) is 5.83. The number of hydrogen-bond donors (Lipinski definition) is 2. The molecule has 0 radical (unpaired) electrons. The van der Waals surface area contributed by atoms with Crippen LogP contribution < -0.4 is 5.32 Å². The average Bonchev–Trinajstić information content (AvgIpc) is 2.50. The Morgan fingerprint density at radius 2 is 2.09 bits per heavy atom. The largest absolute Gasteiger partial charge is 0.391 e. The molecule has 0 saturated heterocycles. The fraction of sp³-hybridized carbons (Fsp3) is 0.267. The van der Waals surface area contributed by atoms with Gasteiger partial charge < -0.3 is 10.4 Å². The van der Waals surface area contributed by atoms with Crippen molar-refractivity contribution in [3.8, 4) is 0 Å². The van der Waals surface area contributed by atoms with Gasteiger partial charge in [-0.3, -0.25) is 10.1 Å². The lowest BCUT2D eigenvalue weighted by Crippen LogP contribution is -2.32. The van der Waals surface area contributed by atoms with Crippen LogP contribution in [0.15, 0.2) is 47.1 Å². The van der Waals surface area contributed by atoms with Crippen molar-refractivity contribution in [3.63, 3.8) is 0 Å². The molecule has 0 aliphatic rings. The highest BCUT2D eigenvalue weighted by Gasteiger charge is 2.17. The molecule has 116 valence electrons. The number of rotatable bonds is 6. The zero-order valence-corrected chi connectivity index (χ0v) is 13.5. The molecule has 1 aromatic heterocycles. The van der Waals surface area contributed by atoms with E-state index in [0.717, 1.165) is 5.56 Å². The summed E-state index contributed by atoms with van der Waals surface area (Å²) < 4.78 is 0.487. The summed E-state index contributed by atoms with van der Waals surface area (Å²) in [6.45, 7) is 1.84. The second-order valence-electron chi connectivity index (χ2n) is 4.97. The molecule has 0 aliphatic heterocycles. The monoisotopic (exact) mass is 365 g/mol. The van der Waals surface area contributed by atoms with E-state index in [1.165, 1.54) is 12.3 Å². The topological polar surface area (TPSA) is 88.3 Å². The maximum absolute atomic E-state index is 10.7. The van der Waals surface area contributed by atoms with Crippen LogP contribution in [0.25, 0.3) is 0 Å². The van der Waals surface area contributed by atoms with Crippen LogP contribution in [0.1, 0.15) is 12.5 Å². The third-order valence-corrected chi connectivity index (χ3v) is 3.87. The molecule has 1 heterocycles. The molecule has 6 nitrogen and oxygen atoms in total. The van der Waals surface area contributed by atoms with Gasteiger partial charge in [0.15, 0.2) is 0 Å². The number of pyridine rings is 1. The summed E-state index contributed by atoms with van der Waals surface area (Å²) in [4.78, 5) is 14.2. The first-order chi connectivity index (χ1) is 10.5. The Labute approximate surface area is 136 Å². The molecule has 0 saturated carbocycles. The van der Waals surface area contributed by atoms with Gasteiger partial charge in [0.25, 0.3) is 5.69 Å². The SMILES string of the molecule is CC(Nc1ncc([N+](=O)[O-])cc1Br)C(O)Cc1ccccc1. The Morgan fingerprint density at radius 3 is 2.68 bits per heavy atom. The van der Waals surface area contributed by atoms with E-state index in [1.807, 2.05) is 37.3 Å². The first-order valence-electron chi connectivity index (χ1n) is 6.76. The van der Waals surface area contributed by atoms with E-state index in [0.29, 0.717) is 16.7 Å². The molecule has 2 aromatic rings. The fourth-order valence-electron chi connectivity index (χ4n) is 1.98. The standard InChI is InChI=1S/C15H16BrN3O3/c1-10(14(20)7-11-5-3-2-4-6-11)18-15-13(16)8-12(9-17-15)19(21)22/h2-6,8-10,14,20H,7H2,1H3,(H,17,18). The van der Waals surface area contributed by atoms with Gasteiger partial charge in [-0.1, -0.05) is 30.3 Å². The normalized spacial score (nSPS) is 13.4. The summed E-state index contributed by atoms with van der Waals surface area (Å²) in [6.07, 6.45) is 1.09. The molecule has 0 aliphatic carbocycles. The molecular formula is C15H16BrN3O3. The summed E-state index contributed by atoms with van der Waals surface area (Å²) in [5.74, 6) is 0.463. The minimum atomic E-state index is -0.605. The number of hydrogen-bond acceptors (Lipinski definition) is 5. The highest BCUT2D eigenvalue weighted by Crippen LogP contribution is 2.25. The number of aliphatic hydroxyl groups is 1. The zero-order valence-electron chi connectivity index (χ0n) is 11.9. The van der Waals surface area contributed by atoms with E-state index in [-0.39, 0.29) is 11.7 Å². The minimum absolute atomic E-state index is 0.0880. The third-order valence-electron chi connectivity index (χ3n) is 3.27. The van der Waals surface area contributed by atoms with E-state index in [9.17, 15) is 15.2 Å². The molecular weight excluding hydrogens is 350 g/mol. The van der Waals surface area contributed by atoms with Crippen molar-refractivity contribution in [3.05, 3.63) is 62.7 Å². The summed E-state index contributed by atoms with van der Waals surface area (Å²) in [5.41, 5.74) is 0.953. The van der Waals surface area contributed by atoms with Crippen molar-refractivity contribution in [2.24, 2.45) is 0 Å². The summed E-state index contributed by atoms with van der Waals surface area (Å²) in [6, 6.07) is 10.8. The van der Waals surface area contributed by atoms with Gasteiger partial charge in [0.05, 0.1) is 21.5 Å². The van der Waals surface area contributed by atoms with Gasteiger partial charge in [0.2, 0.25) is 0 Å². The fourth-order valence-corrected chi connectivity index (χ4v) is 2.43. The summed E-state index contributed by atoms with van der Waals surface area (Å²) in [7, 11) is 0. The van der Waals surface area contributed by atoms with Crippen molar-refractivity contribution in [2.45, 2.75) is 25.5 Å². The Kier molecular flexibility index (Phi) is 5.46. The molecule has 0 bridgehead atoms. The van der Waals surface area contributed by atoms with E-state index in [4.69, 9.17) is 0 Å². The third kappa shape index (κ3) is 4.25. The molecule has 7 heteroatoms. The van der Waals surface area contributed by atoms with Crippen LogP contribution in [0.2, 0.25) is 0 Å². The number of nitro groups is 1. The lowest BCUT2D eigenvalue weighted by molar-refractivity contribution is -0.385. The first kappa shape index (κ1) is 16.4. The van der Waals surface area contributed by atoms with Gasteiger partial charge in [-0.15, -0.1) is 0 Å². The van der Waals surface area contributed by atoms with E-state index in [2.05, 4.69) is 26.2 Å². The van der Waals surface area contributed by atoms with Crippen molar-refractivity contribution in [2.75, 3.05) is 5.32 Å². The Bertz CT molecular complexity index is 652. The molecule has 0 fully saturated rings. The molecule has 2 atom stereocenters. The van der Waals surface area contributed by atoms with Gasteiger partial charge in [-0.05, 0) is 28.4 Å². The van der Waals surface area contributed by atoms with Crippen LogP contribution in [0.4, 0.5) is 11.5 Å². The molecule has 2 unspecified atom stereocenters. The highest BCUT2D eigenvalue weighted by molar-refractivity contribution is 9.10. The van der Waals surface area contributed by atoms with Gasteiger partial charge >= 0.3 is 0 Å². The first-order valence-corrected chi connectivity index (χ1v) is 7.55. The number of nitrogens with zero attached hydrogens (tertiary/aromatic N) is 2. The van der Waals surface area contributed by atoms with E-state index < -0.39 is 11.0 Å². The predicted octanol–water partition coefficient (Wildman–Crippen LogP) is 3.16. The lowest BCUT2D eigenvalue weighted by atomic mass is 10.0. The molecule has 0 spiro atoms. The maximum atomic E-state index is 10.7. The minimum Gasteiger partial charge on any atom is -0.391 e. The van der Waals surface area contributed by atoms with Crippen LogP contribution in [-0.4, -0.2) is 27.2 Å². The number of benzene rings is 1. The van der Waals surface area contributed by atoms with Gasteiger partial charge in [0.1, 0.15) is 12.0 Å². The quantitative estimate of drug-likeness (QED) is 0.606. The van der Waals surface area contributed by atoms with Crippen molar-refractivity contribution in [1.82, 2.24) is 4.98 Å².